The van der Waals surface area contributed by atoms with Gasteiger partial charge in [-0.15, -0.1) is 0 Å². The van der Waals surface area contributed by atoms with Crippen LogP contribution in [0, 0.1) is 0 Å². The van der Waals surface area contributed by atoms with E-state index in [1.165, 1.54) is 0 Å². The average molecular weight is 269 g/mol. The van der Waals surface area contributed by atoms with Gasteiger partial charge < -0.3 is 0 Å². The number of hydrogen-bond acceptors (Lipinski definition) is 2. The van der Waals surface area contributed by atoms with Crippen molar-refractivity contribution >= 4 is 18.0 Å². The Bertz CT molecular complexity index is 494. The first-order valence-electron chi connectivity index (χ1n) is 5.85. The lowest BCUT2D eigenvalue weighted by Crippen LogP contribution is -2.36. The van der Waals surface area contributed by atoms with Crippen LogP contribution in [0.25, 0.3) is 0 Å². The summed E-state index contributed by atoms with van der Waals surface area (Å²) in [4.78, 5) is 0.838. The van der Waals surface area contributed by atoms with Gasteiger partial charge in [-0.3, -0.25) is 4.03 Å². The van der Waals surface area contributed by atoms with Gasteiger partial charge in [0, 0.05) is 11.2 Å². The Morgan fingerprint density at radius 2 is 1.59 bits per heavy atom. The molecule has 0 heterocycles. The molecular weight excluding hydrogens is 246 g/mol. The largest absolute Gasteiger partial charge is 0.274 e. The molecule has 0 unspecified atom stereocenters. The van der Waals surface area contributed by atoms with Crippen LogP contribution in [0.1, 0.15) is 20.8 Å². The summed E-state index contributed by atoms with van der Waals surface area (Å²) in [5, 5.41) is 0.125. The lowest BCUT2D eigenvalue weighted by Gasteiger charge is -2.33. The van der Waals surface area contributed by atoms with Gasteiger partial charge in [0.15, 0.2) is 8.24 Å². The lowest BCUT2D eigenvalue weighted by molar-refractivity contribution is 0.678. The quantitative estimate of drug-likeness (QED) is 0.742. The van der Waals surface area contributed by atoms with Crippen molar-refractivity contribution in [2.24, 2.45) is 4.03 Å². The van der Waals surface area contributed by atoms with E-state index < -0.39 is 18.0 Å². The third-order valence-corrected chi connectivity index (χ3v) is 11.5. The Morgan fingerprint density at radius 1 is 1.12 bits per heavy atom. The van der Waals surface area contributed by atoms with E-state index in [-0.39, 0.29) is 5.04 Å². The summed E-state index contributed by atoms with van der Waals surface area (Å²) in [5.74, 6) is 0. The van der Waals surface area contributed by atoms with E-state index in [0.29, 0.717) is 0 Å². The van der Waals surface area contributed by atoms with Gasteiger partial charge in [-0.25, -0.2) is 4.21 Å². The minimum atomic E-state index is -2.26. The maximum absolute atomic E-state index is 12.7. The smallest absolute Gasteiger partial charge is 0.193 e. The molecule has 0 spiro atoms. The van der Waals surface area contributed by atoms with Crippen molar-refractivity contribution in [2.75, 3.05) is 6.26 Å². The second-order valence-corrected chi connectivity index (χ2v) is 13.4. The summed E-state index contributed by atoms with van der Waals surface area (Å²) < 4.78 is 17.5. The van der Waals surface area contributed by atoms with Crippen molar-refractivity contribution < 1.29 is 4.21 Å². The number of benzene rings is 1. The van der Waals surface area contributed by atoms with Crippen molar-refractivity contribution in [1.82, 2.24) is 0 Å². The molecule has 0 aliphatic carbocycles. The highest BCUT2D eigenvalue weighted by atomic mass is 32.2. The fourth-order valence-corrected chi connectivity index (χ4v) is 6.96. The topological polar surface area (TPSA) is 29.4 Å². The molecule has 1 aromatic carbocycles. The van der Waals surface area contributed by atoms with Crippen molar-refractivity contribution in [2.45, 2.75) is 43.8 Å². The minimum absolute atomic E-state index is 0.125. The third-order valence-electron chi connectivity index (χ3n) is 3.42. The molecule has 0 bridgehead atoms. The molecular formula is C13H23NOSSi. The highest BCUT2D eigenvalue weighted by molar-refractivity contribution is 7.93. The van der Waals surface area contributed by atoms with Crippen LogP contribution in [0.3, 0.4) is 0 Å². The summed E-state index contributed by atoms with van der Waals surface area (Å²) in [6.45, 7) is 10.9. The molecule has 0 saturated carbocycles. The van der Waals surface area contributed by atoms with E-state index in [2.05, 4.69) is 33.9 Å². The van der Waals surface area contributed by atoms with Crippen LogP contribution in [0.4, 0.5) is 0 Å². The van der Waals surface area contributed by atoms with Gasteiger partial charge >= 0.3 is 0 Å². The Labute approximate surface area is 107 Å². The summed E-state index contributed by atoms with van der Waals surface area (Å²) in [6, 6.07) is 9.57. The number of hydrogen-bond donors (Lipinski definition) is 0. The van der Waals surface area contributed by atoms with E-state index in [1.54, 1.807) is 6.26 Å². The molecule has 0 aromatic heterocycles. The van der Waals surface area contributed by atoms with E-state index in [0.717, 1.165) is 4.90 Å². The Hall–Kier alpha value is -0.613. The van der Waals surface area contributed by atoms with Crippen molar-refractivity contribution in [3.05, 3.63) is 30.3 Å². The van der Waals surface area contributed by atoms with Crippen molar-refractivity contribution in [3.63, 3.8) is 0 Å². The zero-order valence-electron chi connectivity index (χ0n) is 11.7. The molecule has 1 aromatic rings. The first-order chi connectivity index (χ1) is 7.56. The normalized spacial score (nSPS) is 16.4. The predicted octanol–water partition coefficient (Wildman–Crippen LogP) is 4.15. The molecule has 0 aliphatic heterocycles. The molecule has 0 aliphatic rings. The van der Waals surface area contributed by atoms with E-state index in [4.69, 9.17) is 4.03 Å². The van der Waals surface area contributed by atoms with Crippen molar-refractivity contribution in [1.29, 1.82) is 0 Å². The Morgan fingerprint density at radius 3 is 2.00 bits per heavy atom. The minimum Gasteiger partial charge on any atom is -0.274 e. The molecule has 0 fully saturated rings. The van der Waals surface area contributed by atoms with Gasteiger partial charge in [-0.1, -0.05) is 39.0 Å². The third kappa shape index (κ3) is 3.42. The molecule has 0 saturated heterocycles. The van der Waals surface area contributed by atoms with Gasteiger partial charge in [0.05, 0.1) is 9.73 Å². The number of rotatable bonds is 2. The molecule has 0 amide bonds. The van der Waals surface area contributed by atoms with Gasteiger partial charge in [0.1, 0.15) is 0 Å². The molecule has 17 heavy (non-hydrogen) atoms. The molecule has 2 nitrogen and oxygen atoms in total. The van der Waals surface area contributed by atoms with Gasteiger partial charge in [-0.05, 0) is 30.3 Å². The second-order valence-electron chi connectivity index (χ2n) is 6.02. The standard InChI is InChI=1S/C13H23NOSSi/c1-13(2,3)17(5,6)14-16(4,15)12-10-8-7-9-11-12/h7-11H,1-6H3/t16-/m0/s1. The van der Waals surface area contributed by atoms with Gasteiger partial charge in [-0.2, -0.15) is 0 Å². The zero-order valence-corrected chi connectivity index (χ0v) is 13.5. The maximum Gasteiger partial charge on any atom is 0.193 e. The van der Waals surface area contributed by atoms with E-state index in [9.17, 15) is 4.21 Å². The molecule has 0 N–H and O–H groups in total. The summed E-state index contributed by atoms with van der Waals surface area (Å²) in [6.07, 6.45) is 1.75. The zero-order chi connectivity index (χ0) is 13.3. The molecule has 1 atom stereocenters. The highest BCUT2D eigenvalue weighted by Gasteiger charge is 2.37. The van der Waals surface area contributed by atoms with Crippen LogP contribution in [0.2, 0.25) is 18.1 Å². The Kier molecular flexibility index (Phi) is 3.89. The first-order valence-corrected chi connectivity index (χ1v) is 10.7. The molecule has 1 rings (SSSR count). The van der Waals surface area contributed by atoms with Crippen LogP contribution >= 0.6 is 0 Å². The highest BCUT2D eigenvalue weighted by Crippen LogP contribution is 2.38. The molecule has 0 radical (unpaired) electrons. The van der Waals surface area contributed by atoms with Gasteiger partial charge in [0.25, 0.3) is 0 Å². The van der Waals surface area contributed by atoms with Crippen LogP contribution in [-0.2, 0) is 9.73 Å². The SMILES string of the molecule is CC(C)(C)[Si](C)(C)N=[S@@](C)(=O)c1ccccc1. The van der Waals surface area contributed by atoms with Crippen LogP contribution < -0.4 is 0 Å². The second kappa shape index (κ2) is 4.57. The summed E-state index contributed by atoms with van der Waals surface area (Å²) >= 11 is 0. The monoisotopic (exact) mass is 269 g/mol. The summed E-state index contributed by atoms with van der Waals surface area (Å²) in [7, 11) is -4.14. The van der Waals surface area contributed by atoms with E-state index >= 15 is 0 Å². The van der Waals surface area contributed by atoms with Crippen LogP contribution in [-0.4, -0.2) is 18.7 Å². The molecule has 96 valence electrons. The average Bonchev–Trinajstić information content (AvgIpc) is 2.15. The predicted molar refractivity (Wildman–Crippen MR) is 78.4 cm³/mol. The lowest BCUT2D eigenvalue weighted by atomic mass is 10.2. The maximum atomic E-state index is 12.7. The fourth-order valence-electron chi connectivity index (χ4n) is 1.30. The summed E-state index contributed by atoms with van der Waals surface area (Å²) in [5.41, 5.74) is 0. The molecule has 4 heteroatoms. The van der Waals surface area contributed by atoms with Gasteiger partial charge in [0.2, 0.25) is 0 Å². The van der Waals surface area contributed by atoms with Crippen molar-refractivity contribution in [3.8, 4) is 0 Å². The van der Waals surface area contributed by atoms with E-state index in [1.807, 2.05) is 30.3 Å². The van der Waals surface area contributed by atoms with Crippen LogP contribution in [0.15, 0.2) is 39.3 Å². The fraction of sp³-hybridized carbons (Fsp3) is 0.538. The van der Waals surface area contributed by atoms with Crippen LogP contribution in [0.5, 0.6) is 0 Å². The number of nitrogens with zero attached hydrogens (tertiary/aromatic N) is 1. The first kappa shape index (κ1) is 14.4. The Balaban J connectivity index is 3.29.